The molecule has 2 N–H and O–H groups in total. The molecule has 2 aromatic carbocycles. The molecule has 0 heterocycles. The molecule has 26 heavy (non-hydrogen) atoms. The van der Waals surface area contributed by atoms with Gasteiger partial charge in [0.05, 0.1) is 18.9 Å². The van der Waals surface area contributed by atoms with Crippen LogP contribution in [0.2, 0.25) is 0 Å². The largest absolute Gasteiger partial charge is 0.496 e. The van der Waals surface area contributed by atoms with Gasteiger partial charge in [-0.15, -0.1) is 0 Å². The number of para-hydroxylation sites is 1. The fraction of sp³-hybridized carbons (Fsp3) is 0.300. The van der Waals surface area contributed by atoms with E-state index in [-0.39, 0.29) is 29.5 Å². The number of ether oxygens (including phenoxy) is 1. The molecule has 0 aliphatic heterocycles. The average Bonchev–Trinajstić information content (AvgIpc) is 3.46. The molecule has 2 amide bonds. The predicted molar refractivity (Wildman–Crippen MR) is 94.7 cm³/mol. The lowest BCUT2D eigenvalue weighted by Crippen LogP contribution is -2.29. The lowest BCUT2D eigenvalue weighted by Gasteiger charge is -2.09. The van der Waals surface area contributed by atoms with E-state index in [9.17, 15) is 14.0 Å². The molecule has 0 spiro atoms. The van der Waals surface area contributed by atoms with Gasteiger partial charge in [-0.05, 0) is 30.2 Å². The van der Waals surface area contributed by atoms with Crippen molar-refractivity contribution in [3.8, 4) is 5.75 Å². The highest BCUT2D eigenvalue weighted by molar-refractivity contribution is 5.92. The maximum absolute atomic E-state index is 12.9. The zero-order valence-electron chi connectivity index (χ0n) is 14.5. The summed E-state index contributed by atoms with van der Waals surface area (Å²) in [7, 11) is 1.59. The molecule has 2 unspecified atom stereocenters. The topological polar surface area (TPSA) is 67.4 Å². The number of carbonyl (C=O) groups is 2. The standard InChI is InChI=1S/C20H21FN2O3/c1-26-18-5-3-2-4-14(18)12-23-20(25)17-10-16(17)19(24)22-11-13-6-8-15(21)9-7-13/h2-9,16-17H,10-12H2,1H3,(H,22,24)(H,23,25). The average molecular weight is 356 g/mol. The number of rotatable bonds is 7. The van der Waals surface area contributed by atoms with E-state index in [4.69, 9.17) is 4.74 Å². The fourth-order valence-electron chi connectivity index (χ4n) is 2.86. The molecule has 1 fully saturated rings. The Labute approximate surface area is 151 Å². The minimum Gasteiger partial charge on any atom is -0.496 e. The van der Waals surface area contributed by atoms with Crippen molar-refractivity contribution in [3.05, 3.63) is 65.5 Å². The Bertz CT molecular complexity index is 792. The van der Waals surface area contributed by atoms with Gasteiger partial charge in [-0.3, -0.25) is 9.59 Å². The summed E-state index contributed by atoms with van der Waals surface area (Å²) in [5.41, 5.74) is 1.71. The maximum Gasteiger partial charge on any atom is 0.224 e. The molecule has 1 aliphatic carbocycles. The molecule has 1 saturated carbocycles. The molecular formula is C20H21FN2O3. The highest BCUT2D eigenvalue weighted by Gasteiger charge is 2.47. The molecule has 2 aromatic rings. The van der Waals surface area contributed by atoms with Crippen LogP contribution >= 0.6 is 0 Å². The first-order valence-electron chi connectivity index (χ1n) is 8.50. The number of hydrogen-bond donors (Lipinski definition) is 2. The lowest BCUT2D eigenvalue weighted by atomic mass is 10.2. The Morgan fingerprint density at radius 3 is 2.27 bits per heavy atom. The van der Waals surface area contributed by atoms with Gasteiger partial charge < -0.3 is 15.4 Å². The number of benzene rings is 2. The summed E-state index contributed by atoms with van der Waals surface area (Å²) in [5.74, 6) is -0.457. The Morgan fingerprint density at radius 2 is 1.62 bits per heavy atom. The highest BCUT2D eigenvalue weighted by atomic mass is 19.1. The second kappa shape index (κ2) is 7.99. The van der Waals surface area contributed by atoms with E-state index >= 15 is 0 Å². The number of halogens is 1. The minimum absolute atomic E-state index is 0.127. The predicted octanol–water partition coefficient (Wildman–Crippen LogP) is 2.40. The Hall–Kier alpha value is -2.89. The van der Waals surface area contributed by atoms with Crippen molar-refractivity contribution in [3.63, 3.8) is 0 Å². The summed E-state index contributed by atoms with van der Waals surface area (Å²) in [6, 6.07) is 13.4. The first-order chi connectivity index (χ1) is 12.6. The molecule has 136 valence electrons. The molecule has 0 aromatic heterocycles. The number of nitrogens with one attached hydrogen (secondary N) is 2. The molecule has 3 rings (SSSR count). The number of hydrogen-bond acceptors (Lipinski definition) is 3. The van der Waals surface area contributed by atoms with Crippen LogP contribution in [0, 0.1) is 17.7 Å². The van der Waals surface area contributed by atoms with Gasteiger partial charge in [0, 0.05) is 18.7 Å². The van der Waals surface area contributed by atoms with Crippen molar-refractivity contribution in [2.45, 2.75) is 19.5 Å². The molecule has 0 bridgehead atoms. The van der Waals surface area contributed by atoms with Crippen molar-refractivity contribution < 1.29 is 18.7 Å². The van der Waals surface area contributed by atoms with Crippen LogP contribution in [0.4, 0.5) is 4.39 Å². The van der Waals surface area contributed by atoms with E-state index in [1.807, 2.05) is 24.3 Å². The van der Waals surface area contributed by atoms with Crippen molar-refractivity contribution in [2.24, 2.45) is 11.8 Å². The van der Waals surface area contributed by atoms with Gasteiger partial charge in [0.15, 0.2) is 0 Å². The third kappa shape index (κ3) is 4.39. The van der Waals surface area contributed by atoms with Gasteiger partial charge in [-0.2, -0.15) is 0 Å². The van der Waals surface area contributed by atoms with E-state index in [1.165, 1.54) is 12.1 Å². The van der Waals surface area contributed by atoms with E-state index < -0.39 is 0 Å². The van der Waals surface area contributed by atoms with Crippen LogP contribution in [-0.4, -0.2) is 18.9 Å². The van der Waals surface area contributed by atoms with Gasteiger partial charge in [0.1, 0.15) is 11.6 Å². The summed E-state index contributed by atoms with van der Waals surface area (Å²) in [6.45, 7) is 0.689. The number of carbonyl (C=O) groups excluding carboxylic acids is 2. The Kier molecular flexibility index (Phi) is 5.51. The molecule has 2 atom stereocenters. The van der Waals surface area contributed by atoms with Crippen molar-refractivity contribution >= 4 is 11.8 Å². The van der Waals surface area contributed by atoms with Crippen molar-refractivity contribution in [1.82, 2.24) is 10.6 Å². The van der Waals surface area contributed by atoms with Gasteiger partial charge >= 0.3 is 0 Å². The maximum atomic E-state index is 12.9. The molecule has 1 aliphatic rings. The molecular weight excluding hydrogens is 335 g/mol. The molecule has 6 heteroatoms. The Balaban J connectivity index is 1.44. The second-order valence-corrected chi connectivity index (χ2v) is 6.32. The third-order valence-corrected chi connectivity index (χ3v) is 4.49. The van der Waals surface area contributed by atoms with Gasteiger partial charge in [-0.25, -0.2) is 4.39 Å². The summed E-state index contributed by atoms with van der Waals surface area (Å²) in [4.78, 5) is 24.4. The van der Waals surface area contributed by atoms with Gasteiger partial charge in [0.2, 0.25) is 11.8 Å². The highest BCUT2D eigenvalue weighted by Crippen LogP contribution is 2.39. The van der Waals surface area contributed by atoms with Crippen molar-refractivity contribution in [1.29, 1.82) is 0 Å². The third-order valence-electron chi connectivity index (χ3n) is 4.49. The van der Waals surface area contributed by atoms with Gasteiger partial charge in [-0.1, -0.05) is 30.3 Å². The van der Waals surface area contributed by atoms with E-state index in [0.717, 1.165) is 16.9 Å². The molecule has 0 saturated heterocycles. The van der Waals surface area contributed by atoms with E-state index in [0.29, 0.717) is 19.5 Å². The first kappa shape index (κ1) is 17.9. The minimum atomic E-state index is -0.311. The van der Waals surface area contributed by atoms with Crippen LogP contribution in [0.25, 0.3) is 0 Å². The summed E-state index contributed by atoms with van der Waals surface area (Å²) >= 11 is 0. The summed E-state index contributed by atoms with van der Waals surface area (Å²) < 4.78 is 18.1. The van der Waals surface area contributed by atoms with Crippen LogP contribution in [0.1, 0.15) is 17.5 Å². The molecule has 5 nitrogen and oxygen atoms in total. The van der Waals surface area contributed by atoms with Crippen LogP contribution in [0.3, 0.4) is 0 Å². The smallest absolute Gasteiger partial charge is 0.224 e. The SMILES string of the molecule is COc1ccccc1CNC(=O)C1CC1C(=O)NCc1ccc(F)cc1. The first-order valence-corrected chi connectivity index (χ1v) is 8.50. The van der Waals surface area contributed by atoms with E-state index in [1.54, 1.807) is 19.2 Å². The van der Waals surface area contributed by atoms with Gasteiger partial charge in [0.25, 0.3) is 0 Å². The quantitative estimate of drug-likeness (QED) is 0.801. The van der Waals surface area contributed by atoms with Crippen LogP contribution in [0.15, 0.2) is 48.5 Å². The summed E-state index contributed by atoms with van der Waals surface area (Å²) in [5, 5.41) is 5.66. The zero-order valence-corrected chi connectivity index (χ0v) is 14.5. The molecule has 0 radical (unpaired) electrons. The van der Waals surface area contributed by atoms with E-state index in [2.05, 4.69) is 10.6 Å². The second-order valence-electron chi connectivity index (χ2n) is 6.32. The van der Waals surface area contributed by atoms with Crippen molar-refractivity contribution in [2.75, 3.05) is 7.11 Å². The van der Waals surface area contributed by atoms with Crippen LogP contribution < -0.4 is 15.4 Å². The zero-order chi connectivity index (χ0) is 18.5. The fourth-order valence-corrected chi connectivity index (χ4v) is 2.86. The van der Waals surface area contributed by atoms with Crippen LogP contribution in [-0.2, 0) is 22.7 Å². The number of methoxy groups -OCH3 is 1. The van der Waals surface area contributed by atoms with Crippen LogP contribution in [0.5, 0.6) is 5.75 Å². The normalized spacial score (nSPS) is 18.1. The monoisotopic (exact) mass is 356 g/mol. The number of amides is 2. The Morgan fingerprint density at radius 1 is 1.00 bits per heavy atom. The lowest BCUT2D eigenvalue weighted by molar-refractivity contribution is -0.127. The summed E-state index contributed by atoms with van der Waals surface area (Å²) in [6.07, 6.45) is 0.549.